The highest BCUT2D eigenvalue weighted by Gasteiger charge is 2.17. The van der Waals surface area contributed by atoms with E-state index < -0.39 is 0 Å². The molecule has 1 amide bonds. The highest BCUT2D eigenvalue weighted by Crippen LogP contribution is 2.11. The van der Waals surface area contributed by atoms with E-state index >= 15 is 0 Å². The Balaban J connectivity index is 1.86. The zero-order valence-electron chi connectivity index (χ0n) is 17.6. The molecule has 1 aromatic rings. The molecule has 1 atom stereocenters. The molecule has 7 heteroatoms. The average molecular weight is 390 g/mol. The fourth-order valence-electron chi connectivity index (χ4n) is 2.88. The number of nitrogens with zero attached hydrogens (tertiary/aromatic N) is 2. The molecule has 1 unspecified atom stereocenters. The van der Waals surface area contributed by atoms with Crippen molar-refractivity contribution in [3.05, 3.63) is 29.8 Å². The summed E-state index contributed by atoms with van der Waals surface area (Å²) in [6, 6.07) is 8.27. The van der Waals surface area contributed by atoms with Gasteiger partial charge < -0.3 is 20.7 Å². The van der Waals surface area contributed by atoms with Crippen LogP contribution in [0.25, 0.3) is 0 Å². The van der Waals surface area contributed by atoms with Gasteiger partial charge in [-0.25, -0.2) is 4.99 Å². The summed E-state index contributed by atoms with van der Waals surface area (Å²) in [6.45, 7) is 13.9. The fraction of sp³-hybridized carbons (Fsp3) is 0.619. The van der Waals surface area contributed by atoms with Crippen molar-refractivity contribution < 1.29 is 9.53 Å². The standard InChI is InChI=1S/C21H35N5O2/c1-5-22-21(23-14-17(4)26-10-12-28-13-11-26)24-15-18-6-8-19(9-7-18)25-20(27)16(2)3/h6-9,16-17H,5,10-15H2,1-4H3,(H,25,27)(H2,22,23,24). The van der Waals surface area contributed by atoms with E-state index in [1.807, 2.05) is 38.1 Å². The second-order valence-corrected chi connectivity index (χ2v) is 7.41. The summed E-state index contributed by atoms with van der Waals surface area (Å²) in [5, 5.41) is 9.64. The number of carbonyl (C=O) groups excluding carboxylic acids is 1. The highest BCUT2D eigenvalue weighted by molar-refractivity contribution is 5.92. The number of nitrogens with one attached hydrogen (secondary N) is 3. The topological polar surface area (TPSA) is 78.0 Å². The van der Waals surface area contributed by atoms with Crippen LogP contribution in [0.5, 0.6) is 0 Å². The van der Waals surface area contributed by atoms with E-state index in [2.05, 4.69) is 39.7 Å². The second-order valence-electron chi connectivity index (χ2n) is 7.41. The molecular formula is C21H35N5O2. The zero-order chi connectivity index (χ0) is 20.4. The third kappa shape index (κ3) is 7.48. The van der Waals surface area contributed by atoms with Crippen molar-refractivity contribution in [3.63, 3.8) is 0 Å². The largest absolute Gasteiger partial charge is 0.379 e. The van der Waals surface area contributed by atoms with Crippen molar-refractivity contribution in [2.24, 2.45) is 10.9 Å². The Hall–Kier alpha value is -2.12. The minimum absolute atomic E-state index is 0.0267. The molecule has 0 saturated carbocycles. The van der Waals surface area contributed by atoms with Crippen LogP contribution >= 0.6 is 0 Å². The van der Waals surface area contributed by atoms with E-state index in [-0.39, 0.29) is 11.8 Å². The quantitative estimate of drug-likeness (QED) is 0.469. The maximum absolute atomic E-state index is 11.8. The molecule has 156 valence electrons. The van der Waals surface area contributed by atoms with Crippen LogP contribution in [0.4, 0.5) is 5.69 Å². The number of morpholine rings is 1. The summed E-state index contributed by atoms with van der Waals surface area (Å²) < 4.78 is 5.42. The molecule has 1 saturated heterocycles. The van der Waals surface area contributed by atoms with Gasteiger partial charge in [0.1, 0.15) is 0 Å². The summed E-state index contributed by atoms with van der Waals surface area (Å²) in [4.78, 5) is 18.9. The van der Waals surface area contributed by atoms with Crippen molar-refractivity contribution in [2.45, 2.75) is 40.3 Å². The average Bonchev–Trinajstić information content (AvgIpc) is 2.71. The van der Waals surface area contributed by atoms with Gasteiger partial charge in [-0.1, -0.05) is 26.0 Å². The number of anilines is 1. The van der Waals surface area contributed by atoms with Crippen LogP contribution in [-0.2, 0) is 16.1 Å². The Morgan fingerprint density at radius 3 is 2.43 bits per heavy atom. The van der Waals surface area contributed by atoms with Crippen LogP contribution in [0, 0.1) is 5.92 Å². The molecule has 1 aromatic carbocycles. The Kier molecular flexibility index (Phi) is 9.23. The van der Waals surface area contributed by atoms with Gasteiger partial charge in [0.25, 0.3) is 0 Å². The molecule has 0 bridgehead atoms. The maximum Gasteiger partial charge on any atom is 0.226 e. The van der Waals surface area contributed by atoms with E-state index in [1.165, 1.54) is 0 Å². The fourth-order valence-corrected chi connectivity index (χ4v) is 2.88. The normalized spacial score (nSPS) is 16.7. The van der Waals surface area contributed by atoms with Crippen molar-refractivity contribution in [1.29, 1.82) is 0 Å². The minimum atomic E-state index is -0.0297. The van der Waals surface area contributed by atoms with Gasteiger partial charge in [-0.15, -0.1) is 0 Å². The number of hydrogen-bond donors (Lipinski definition) is 3. The third-order valence-corrected chi connectivity index (χ3v) is 4.74. The summed E-state index contributed by atoms with van der Waals surface area (Å²) >= 11 is 0. The van der Waals surface area contributed by atoms with Gasteiger partial charge in [0.05, 0.1) is 19.8 Å². The van der Waals surface area contributed by atoms with Crippen LogP contribution in [0.15, 0.2) is 29.3 Å². The number of carbonyl (C=O) groups is 1. The van der Waals surface area contributed by atoms with Crippen molar-refractivity contribution in [1.82, 2.24) is 15.5 Å². The molecule has 1 heterocycles. The summed E-state index contributed by atoms with van der Waals surface area (Å²) in [7, 11) is 0. The Morgan fingerprint density at radius 1 is 1.14 bits per heavy atom. The van der Waals surface area contributed by atoms with E-state index in [4.69, 9.17) is 4.74 Å². The van der Waals surface area contributed by atoms with E-state index in [0.29, 0.717) is 12.6 Å². The number of ether oxygens (including phenoxy) is 1. The molecule has 7 nitrogen and oxygen atoms in total. The Morgan fingerprint density at radius 2 is 1.82 bits per heavy atom. The van der Waals surface area contributed by atoms with E-state index in [9.17, 15) is 4.79 Å². The van der Waals surface area contributed by atoms with Crippen LogP contribution in [0.2, 0.25) is 0 Å². The van der Waals surface area contributed by atoms with Crippen LogP contribution in [-0.4, -0.2) is 62.2 Å². The minimum Gasteiger partial charge on any atom is -0.379 e. The molecule has 0 radical (unpaired) electrons. The summed E-state index contributed by atoms with van der Waals surface area (Å²) in [5.41, 5.74) is 1.91. The number of hydrogen-bond acceptors (Lipinski definition) is 4. The van der Waals surface area contributed by atoms with Gasteiger partial charge >= 0.3 is 0 Å². The van der Waals surface area contributed by atoms with Crippen molar-refractivity contribution in [2.75, 3.05) is 44.7 Å². The van der Waals surface area contributed by atoms with Gasteiger partial charge in [0, 0.05) is 43.8 Å². The maximum atomic E-state index is 11.8. The number of rotatable bonds is 8. The zero-order valence-corrected chi connectivity index (χ0v) is 17.6. The molecule has 1 fully saturated rings. The lowest BCUT2D eigenvalue weighted by atomic mass is 10.2. The predicted octanol–water partition coefficient (Wildman–Crippen LogP) is 2.06. The first kappa shape index (κ1) is 22.2. The smallest absolute Gasteiger partial charge is 0.226 e. The first-order chi connectivity index (χ1) is 13.5. The molecule has 0 aromatic heterocycles. The molecule has 0 aliphatic carbocycles. The van der Waals surface area contributed by atoms with Gasteiger partial charge in [0.2, 0.25) is 5.91 Å². The number of benzene rings is 1. The van der Waals surface area contributed by atoms with Crippen molar-refractivity contribution in [3.8, 4) is 0 Å². The van der Waals surface area contributed by atoms with Gasteiger partial charge in [-0.2, -0.15) is 0 Å². The molecule has 1 aliphatic heterocycles. The first-order valence-corrected chi connectivity index (χ1v) is 10.2. The van der Waals surface area contributed by atoms with Crippen LogP contribution in [0.3, 0.4) is 0 Å². The van der Waals surface area contributed by atoms with Gasteiger partial charge in [0.15, 0.2) is 5.96 Å². The second kappa shape index (κ2) is 11.7. The lowest BCUT2D eigenvalue weighted by molar-refractivity contribution is -0.118. The van der Waals surface area contributed by atoms with E-state index in [1.54, 1.807) is 0 Å². The Labute approximate surface area is 168 Å². The number of guanidine groups is 1. The van der Waals surface area contributed by atoms with Gasteiger partial charge in [-0.05, 0) is 31.5 Å². The lowest BCUT2D eigenvalue weighted by Crippen LogP contribution is -2.49. The number of aliphatic imine (C=N–C) groups is 1. The summed E-state index contributed by atoms with van der Waals surface area (Å²) in [6.07, 6.45) is 0. The molecule has 2 rings (SSSR count). The lowest BCUT2D eigenvalue weighted by Gasteiger charge is -2.32. The first-order valence-electron chi connectivity index (χ1n) is 10.2. The predicted molar refractivity (Wildman–Crippen MR) is 115 cm³/mol. The third-order valence-electron chi connectivity index (χ3n) is 4.74. The monoisotopic (exact) mass is 389 g/mol. The molecule has 3 N–H and O–H groups in total. The van der Waals surface area contributed by atoms with E-state index in [0.717, 1.165) is 56.6 Å². The molecule has 28 heavy (non-hydrogen) atoms. The Bertz CT molecular complexity index is 624. The highest BCUT2D eigenvalue weighted by atomic mass is 16.5. The van der Waals surface area contributed by atoms with Crippen LogP contribution < -0.4 is 16.0 Å². The molecule has 1 aliphatic rings. The summed E-state index contributed by atoms with van der Waals surface area (Å²) in [5.74, 6) is 0.816. The van der Waals surface area contributed by atoms with Crippen molar-refractivity contribution >= 4 is 17.6 Å². The molecule has 0 spiro atoms. The number of amides is 1. The van der Waals surface area contributed by atoms with Crippen LogP contribution in [0.1, 0.15) is 33.3 Å². The van der Waals surface area contributed by atoms with Gasteiger partial charge in [-0.3, -0.25) is 9.69 Å². The molecular weight excluding hydrogens is 354 g/mol. The SMILES string of the molecule is CCNC(=NCc1ccc(NC(=O)C(C)C)cc1)NCC(C)N1CCOCC1.